The van der Waals surface area contributed by atoms with E-state index in [0.717, 1.165) is 55.7 Å². The molecule has 1 saturated carbocycles. The summed E-state index contributed by atoms with van der Waals surface area (Å²) in [4.78, 5) is 19.7. The summed E-state index contributed by atoms with van der Waals surface area (Å²) in [5.74, 6) is 0.839. The van der Waals surface area contributed by atoms with Gasteiger partial charge in [-0.25, -0.2) is 9.37 Å². The second-order valence-electron chi connectivity index (χ2n) is 8.03. The number of likely N-dealkylation sites (tertiary alicyclic amines) is 1. The Bertz CT molecular complexity index is 1020. The van der Waals surface area contributed by atoms with Crippen LogP contribution >= 0.6 is 0 Å². The van der Waals surface area contributed by atoms with Crippen molar-refractivity contribution in [3.63, 3.8) is 0 Å². The maximum absolute atomic E-state index is 13.3. The molecule has 1 saturated heterocycles. The summed E-state index contributed by atoms with van der Waals surface area (Å²) in [7, 11) is 0. The molecule has 1 aliphatic carbocycles. The van der Waals surface area contributed by atoms with Gasteiger partial charge in [0.1, 0.15) is 11.3 Å². The lowest BCUT2D eigenvalue weighted by Crippen LogP contribution is -2.36. The maximum Gasteiger partial charge on any atom is 0.251 e. The average Bonchev–Trinajstić information content (AvgIpc) is 3.27. The molecule has 1 atom stereocenters. The number of carbonyl (C=O) groups excluding carboxylic acids is 1. The first-order chi connectivity index (χ1) is 14.2. The van der Waals surface area contributed by atoms with Crippen LogP contribution in [-0.4, -0.2) is 35.4 Å². The molecule has 0 radical (unpaired) electrons. The van der Waals surface area contributed by atoms with Crippen LogP contribution in [0.4, 0.5) is 4.39 Å². The van der Waals surface area contributed by atoms with Crippen molar-refractivity contribution < 1.29 is 13.6 Å². The van der Waals surface area contributed by atoms with Gasteiger partial charge in [-0.05, 0) is 74.7 Å². The molecule has 6 heteroatoms. The van der Waals surface area contributed by atoms with Crippen molar-refractivity contribution in [1.82, 2.24) is 15.2 Å². The summed E-state index contributed by atoms with van der Waals surface area (Å²) in [6, 6.07) is 12.0. The molecule has 2 aliphatic rings. The Morgan fingerprint density at radius 1 is 1.17 bits per heavy atom. The molecule has 2 fully saturated rings. The first-order valence-electron chi connectivity index (χ1n) is 10.4. The zero-order valence-corrected chi connectivity index (χ0v) is 16.2. The van der Waals surface area contributed by atoms with Crippen LogP contribution in [0, 0.1) is 5.82 Å². The fourth-order valence-corrected chi connectivity index (χ4v) is 4.08. The second kappa shape index (κ2) is 7.59. The molecule has 5 nitrogen and oxygen atoms in total. The van der Waals surface area contributed by atoms with E-state index in [4.69, 9.17) is 4.42 Å². The van der Waals surface area contributed by atoms with E-state index in [0.29, 0.717) is 23.6 Å². The van der Waals surface area contributed by atoms with Crippen LogP contribution in [0.15, 0.2) is 46.9 Å². The number of oxazole rings is 1. The van der Waals surface area contributed by atoms with Crippen LogP contribution in [0.25, 0.3) is 11.1 Å². The number of fused-ring (bicyclic) bond motifs is 1. The number of hydrogen-bond acceptors (Lipinski definition) is 4. The quantitative estimate of drug-likeness (QED) is 0.674. The number of nitrogens with zero attached hydrogens (tertiary/aromatic N) is 2. The molecule has 29 heavy (non-hydrogen) atoms. The van der Waals surface area contributed by atoms with Crippen LogP contribution in [-0.2, 0) is 0 Å². The van der Waals surface area contributed by atoms with Gasteiger partial charge in [-0.15, -0.1) is 0 Å². The van der Waals surface area contributed by atoms with E-state index in [1.54, 1.807) is 12.1 Å². The monoisotopic (exact) mass is 393 g/mol. The molecule has 1 aliphatic heterocycles. The topological polar surface area (TPSA) is 58.4 Å². The first kappa shape index (κ1) is 18.3. The number of amides is 1. The van der Waals surface area contributed by atoms with E-state index >= 15 is 0 Å². The zero-order chi connectivity index (χ0) is 19.8. The highest BCUT2D eigenvalue weighted by atomic mass is 19.1. The minimum atomic E-state index is -0.246. The van der Waals surface area contributed by atoms with E-state index < -0.39 is 0 Å². The summed E-state index contributed by atoms with van der Waals surface area (Å²) in [6.07, 6.45) is 4.55. The molecular weight excluding hydrogens is 369 g/mol. The highest BCUT2D eigenvalue weighted by Gasteiger charge is 2.29. The van der Waals surface area contributed by atoms with Gasteiger partial charge in [-0.3, -0.25) is 9.69 Å². The molecule has 1 aromatic heterocycles. The molecule has 0 spiro atoms. The fourth-order valence-electron chi connectivity index (χ4n) is 4.08. The third kappa shape index (κ3) is 3.90. The Kier molecular flexibility index (Phi) is 4.79. The van der Waals surface area contributed by atoms with Crippen molar-refractivity contribution in [2.45, 2.75) is 37.6 Å². The van der Waals surface area contributed by atoms with Gasteiger partial charge in [0, 0.05) is 18.0 Å². The molecule has 5 rings (SSSR count). The minimum absolute atomic E-state index is 0.0394. The van der Waals surface area contributed by atoms with E-state index in [1.807, 2.05) is 18.2 Å². The Morgan fingerprint density at radius 3 is 2.66 bits per heavy atom. The van der Waals surface area contributed by atoms with Gasteiger partial charge < -0.3 is 9.73 Å². The van der Waals surface area contributed by atoms with Gasteiger partial charge in [-0.1, -0.05) is 12.1 Å². The Labute approximate surface area is 168 Å². The minimum Gasteiger partial charge on any atom is -0.440 e. The molecule has 1 amide bonds. The standard InChI is InChI=1S/C23H24FN3O2/c24-18-8-5-15(6-9-18)20(27-11-1-2-12-27)14-25-22(28)17-7-10-19-21(13-17)29-23(26-19)16-3-4-16/h5-10,13,16,20H,1-4,11-12,14H2,(H,25,28)/t20-/m0/s1. The van der Waals surface area contributed by atoms with Crippen molar-refractivity contribution in [3.05, 3.63) is 65.3 Å². The summed E-state index contributed by atoms with van der Waals surface area (Å²) < 4.78 is 19.2. The molecule has 0 unspecified atom stereocenters. The Hall–Kier alpha value is -2.73. The van der Waals surface area contributed by atoms with Crippen molar-refractivity contribution in [3.8, 4) is 0 Å². The summed E-state index contributed by atoms with van der Waals surface area (Å²) in [5, 5.41) is 3.06. The van der Waals surface area contributed by atoms with Crippen molar-refractivity contribution in [2.75, 3.05) is 19.6 Å². The Morgan fingerprint density at radius 2 is 1.93 bits per heavy atom. The number of nitrogens with one attached hydrogen (secondary N) is 1. The SMILES string of the molecule is O=C(NC[C@@H](c1ccc(F)cc1)N1CCCC1)c1ccc2nc(C3CC3)oc2c1. The molecule has 1 N–H and O–H groups in total. The van der Waals surface area contributed by atoms with Crippen molar-refractivity contribution in [2.24, 2.45) is 0 Å². The van der Waals surface area contributed by atoms with Crippen LogP contribution in [0.1, 0.15) is 59.5 Å². The van der Waals surface area contributed by atoms with Gasteiger partial charge in [-0.2, -0.15) is 0 Å². The predicted molar refractivity (Wildman–Crippen MR) is 108 cm³/mol. The van der Waals surface area contributed by atoms with E-state index in [2.05, 4.69) is 15.2 Å². The molecule has 2 aromatic carbocycles. The largest absolute Gasteiger partial charge is 0.440 e. The van der Waals surface area contributed by atoms with Crippen LogP contribution in [0.2, 0.25) is 0 Å². The normalized spacial score (nSPS) is 18.2. The number of benzene rings is 2. The van der Waals surface area contributed by atoms with Crippen molar-refractivity contribution in [1.29, 1.82) is 0 Å². The molecule has 3 aromatic rings. The predicted octanol–water partition coefficient (Wildman–Crippen LogP) is 4.41. The first-order valence-corrected chi connectivity index (χ1v) is 10.4. The molecular formula is C23H24FN3O2. The zero-order valence-electron chi connectivity index (χ0n) is 16.2. The van der Waals surface area contributed by atoms with Gasteiger partial charge in [0.2, 0.25) is 0 Å². The third-order valence-electron chi connectivity index (χ3n) is 5.89. The molecule has 150 valence electrons. The molecule has 0 bridgehead atoms. The Balaban J connectivity index is 1.31. The van der Waals surface area contributed by atoms with E-state index in [9.17, 15) is 9.18 Å². The maximum atomic E-state index is 13.3. The van der Waals surface area contributed by atoms with Crippen LogP contribution in [0.5, 0.6) is 0 Å². The van der Waals surface area contributed by atoms with Crippen LogP contribution in [0.3, 0.4) is 0 Å². The highest BCUT2D eigenvalue weighted by molar-refractivity contribution is 5.97. The molecule has 2 heterocycles. The van der Waals surface area contributed by atoms with Crippen LogP contribution < -0.4 is 5.32 Å². The summed E-state index contributed by atoms with van der Waals surface area (Å²) in [5.41, 5.74) is 3.04. The lowest BCUT2D eigenvalue weighted by Gasteiger charge is -2.28. The van der Waals surface area contributed by atoms with Crippen molar-refractivity contribution >= 4 is 17.0 Å². The van der Waals surface area contributed by atoms with Gasteiger partial charge >= 0.3 is 0 Å². The third-order valence-corrected chi connectivity index (χ3v) is 5.89. The average molecular weight is 393 g/mol. The summed E-state index contributed by atoms with van der Waals surface area (Å²) >= 11 is 0. The number of carbonyl (C=O) groups is 1. The number of hydrogen-bond donors (Lipinski definition) is 1. The number of rotatable bonds is 6. The van der Waals surface area contributed by atoms with Gasteiger partial charge in [0.15, 0.2) is 11.5 Å². The second-order valence-corrected chi connectivity index (χ2v) is 8.03. The number of halogens is 1. The van der Waals surface area contributed by atoms with Gasteiger partial charge in [0.25, 0.3) is 5.91 Å². The summed E-state index contributed by atoms with van der Waals surface area (Å²) in [6.45, 7) is 2.46. The van der Waals surface area contributed by atoms with Gasteiger partial charge in [0.05, 0.1) is 6.04 Å². The van der Waals surface area contributed by atoms with E-state index in [-0.39, 0.29) is 17.8 Å². The smallest absolute Gasteiger partial charge is 0.251 e. The number of aromatic nitrogens is 1. The lowest BCUT2D eigenvalue weighted by molar-refractivity contribution is 0.0938. The fraction of sp³-hybridized carbons (Fsp3) is 0.391. The highest BCUT2D eigenvalue weighted by Crippen LogP contribution is 2.40. The lowest BCUT2D eigenvalue weighted by atomic mass is 10.0. The van der Waals surface area contributed by atoms with E-state index in [1.165, 1.54) is 12.1 Å².